The van der Waals surface area contributed by atoms with Gasteiger partial charge in [0.05, 0.1) is 0 Å². The molecule has 0 amide bonds. The van der Waals surface area contributed by atoms with Crippen molar-refractivity contribution in [2.75, 3.05) is 0 Å². The van der Waals surface area contributed by atoms with Gasteiger partial charge in [0.2, 0.25) is 0 Å². The van der Waals surface area contributed by atoms with Gasteiger partial charge in [-0.15, -0.1) is 0 Å². The van der Waals surface area contributed by atoms with Gasteiger partial charge >= 0.3 is 0 Å². The molecule has 0 aliphatic heterocycles. The van der Waals surface area contributed by atoms with Crippen LogP contribution in [0.4, 0.5) is 4.39 Å². The normalized spacial score (nSPS) is 26.3. The van der Waals surface area contributed by atoms with Gasteiger partial charge in [0.25, 0.3) is 0 Å². The molecule has 1 nitrogen and oxygen atoms in total. The van der Waals surface area contributed by atoms with Crippen LogP contribution in [-0.2, 0) is 0 Å². The fourth-order valence-electron chi connectivity index (χ4n) is 2.15. The Labute approximate surface area is 90.3 Å². The molecular formula is C13H17FO. The molecule has 1 unspecified atom stereocenters. The number of hydrogen-bond donors (Lipinski definition) is 0. The van der Waals surface area contributed by atoms with Gasteiger partial charge in [-0.1, -0.05) is 13.3 Å². The minimum Gasteiger partial charge on any atom is -0.490 e. The molecule has 1 aromatic carbocycles. The minimum atomic E-state index is -0.209. The zero-order valence-electron chi connectivity index (χ0n) is 9.08. The van der Waals surface area contributed by atoms with E-state index in [0.717, 1.165) is 12.2 Å². The molecule has 1 saturated carbocycles. The molecule has 1 aliphatic rings. The van der Waals surface area contributed by atoms with Crippen molar-refractivity contribution in [2.24, 2.45) is 5.92 Å². The van der Waals surface area contributed by atoms with Crippen molar-refractivity contribution in [3.63, 3.8) is 0 Å². The van der Waals surface area contributed by atoms with E-state index >= 15 is 0 Å². The highest BCUT2D eigenvalue weighted by atomic mass is 19.1. The molecule has 0 N–H and O–H groups in total. The van der Waals surface area contributed by atoms with Crippen molar-refractivity contribution in [1.82, 2.24) is 0 Å². The van der Waals surface area contributed by atoms with Crippen molar-refractivity contribution in [3.8, 4) is 5.75 Å². The fourth-order valence-corrected chi connectivity index (χ4v) is 2.15. The molecule has 15 heavy (non-hydrogen) atoms. The third kappa shape index (κ3) is 2.71. The third-order valence-corrected chi connectivity index (χ3v) is 3.13. The van der Waals surface area contributed by atoms with Crippen molar-refractivity contribution in [1.29, 1.82) is 0 Å². The molecule has 0 bridgehead atoms. The summed E-state index contributed by atoms with van der Waals surface area (Å²) in [5.74, 6) is 1.19. The molecule has 0 aromatic heterocycles. The minimum absolute atomic E-state index is 0.209. The standard InChI is InChI=1S/C13H17FO/c1-10-4-2-3-5-13(10)15-12-8-6-11(14)7-9-12/h6-10,13H,2-5H2,1H3/t10?,13-/m1/s1. The van der Waals surface area contributed by atoms with Gasteiger partial charge in [-0.3, -0.25) is 0 Å². The molecule has 1 aromatic rings. The SMILES string of the molecule is CC1CCCC[C@H]1Oc1ccc(F)cc1. The third-order valence-electron chi connectivity index (χ3n) is 3.13. The highest BCUT2D eigenvalue weighted by Crippen LogP contribution is 2.27. The van der Waals surface area contributed by atoms with Crippen molar-refractivity contribution in [3.05, 3.63) is 30.1 Å². The predicted molar refractivity (Wildman–Crippen MR) is 58.4 cm³/mol. The summed E-state index contributed by atoms with van der Waals surface area (Å²) in [6.07, 6.45) is 5.23. The van der Waals surface area contributed by atoms with E-state index < -0.39 is 0 Å². The molecule has 2 atom stereocenters. The maximum atomic E-state index is 12.7. The van der Waals surface area contributed by atoms with Crippen LogP contribution in [0, 0.1) is 11.7 Å². The largest absolute Gasteiger partial charge is 0.490 e. The van der Waals surface area contributed by atoms with E-state index in [1.165, 1.54) is 31.4 Å². The van der Waals surface area contributed by atoms with Crippen LogP contribution in [-0.4, -0.2) is 6.10 Å². The Bertz CT molecular complexity index is 307. The van der Waals surface area contributed by atoms with Crippen LogP contribution in [0.15, 0.2) is 24.3 Å². The molecule has 1 aliphatic carbocycles. The van der Waals surface area contributed by atoms with E-state index in [-0.39, 0.29) is 5.82 Å². The summed E-state index contributed by atoms with van der Waals surface area (Å²) in [5, 5.41) is 0. The lowest BCUT2D eigenvalue weighted by Crippen LogP contribution is -2.28. The smallest absolute Gasteiger partial charge is 0.123 e. The number of rotatable bonds is 2. The summed E-state index contributed by atoms with van der Waals surface area (Å²) in [6, 6.07) is 6.30. The molecule has 82 valence electrons. The molecule has 0 radical (unpaired) electrons. The molecule has 2 rings (SSSR count). The van der Waals surface area contributed by atoms with Gasteiger partial charge in [-0.2, -0.15) is 0 Å². The Morgan fingerprint density at radius 3 is 2.47 bits per heavy atom. The highest BCUT2D eigenvalue weighted by Gasteiger charge is 2.22. The van der Waals surface area contributed by atoms with Gasteiger partial charge in [0.1, 0.15) is 17.7 Å². The fraction of sp³-hybridized carbons (Fsp3) is 0.538. The number of ether oxygens (including phenoxy) is 1. The lowest BCUT2D eigenvalue weighted by molar-refractivity contribution is 0.102. The quantitative estimate of drug-likeness (QED) is 0.718. The summed E-state index contributed by atoms with van der Waals surface area (Å²) >= 11 is 0. The Hall–Kier alpha value is -1.05. The topological polar surface area (TPSA) is 9.23 Å². The maximum absolute atomic E-state index is 12.7. The summed E-state index contributed by atoms with van der Waals surface area (Å²) in [6.45, 7) is 2.23. The summed E-state index contributed by atoms with van der Waals surface area (Å²) in [7, 11) is 0. The zero-order chi connectivity index (χ0) is 10.7. The van der Waals surface area contributed by atoms with Crippen LogP contribution in [0.2, 0.25) is 0 Å². The van der Waals surface area contributed by atoms with Crippen LogP contribution in [0.3, 0.4) is 0 Å². The number of hydrogen-bond acceptors (Lipinski definition) is 1. The lowest BCUT2D eigenvalue weighted by atomic mass is 9.88. The molecule has 2 heteroatoms. The van der Waals surface area contributed by atoms with Crippen molar-refractivity contribution in [2.45, 2.75) is 38.7 Å². The van der Waals surface area contributed by atoms with Crippen LogP contribution >= 0.6 is 0 Å². The van der Waals surface area contributed by atoms with E-state index in [1.807, 2.05) is 0 Å². The Balaban J connectivity index is 1.98. The molecule has 0 heterocycles. The van der Waals surface area contributed by atoms with Gasteiger partial charge in [-0.25, -0.2) is 4.39 Å². The summed E-state index contributed by atoms with van der Waals surface area (Å²) in [4.78, 5) is 0. The number of halogens is 1. The molecule has 0 saturated heterocycles. The highest BCUT2D eigenvalue weighted by molar-refractivity contribution is 5.22. The number of benzene rings is 1. The van der Waals surface area contributed by atoms with E-state index in [2.05, 4.69) is 6.92 Å². The van der Waals surface area contributed by atoms with Crippen LogP contribution < -0.4 is 4.74 Å². The van der Waals surface area contributed by atoms with Crippen LogP contribution in [0.1, 0.15) is 32.6 Å². The second-order valence-electron chi connectivity index (χ2n) is 4.37. The lowest BCUT2D eigenvalue weighted by Gasteiger charge is -2.29. The Morgan fingerprint density at radius 1 is 1.13 bits per heavy atom. The van der Waals surface area contributed by atoms with E-state index in [1.54, 1.807) is 12.1 Å². The first-order chi connectivity index (χ1) is 7.25. The van der Waals surface area contributed by atoms with Gasteiger partial charge in [-0.05, 0) is 49.4 Å². The summed E-state index contributed by atoms with van der Waals surface area (Å²) in [5.41, 5.74) is 0. The first kappa shape index (κ1) is 10.5. The first-order valence-corrected chi connectivity index (χ1v) is 5.68. The van der Waals surface area contributed by atoms with Crippen LogP contribution in [0.25, 0.3) is 0 Å². The van der Waals surface area contributed by atoms with E-state index in [9.17, 15) is 4.39 Å². The molecule has 0 spiro atoms. The summed E-state index contributed by atoms with van der Waals surface area (Å²) < 4.78 is 18.5. The van der Waals surface area contributed by atoms with Crippen molar-refractivity contribution >= 4 is 0 Å². The maximum Gasteiger partial charge on any atom is 0.123 e. The van der Waals surface area contributed by atoms with Crippen molar-refractivity contribution < 1.29 is 9.13 Å². The molecule has 1 fully saturated rings. The predicted octanol–water partition coefficient (Wildman–Crippen LogP) is 3.78. The van der Waals surface area contributed by atoms with Gasteiger partial charge in [0, 0.05) is 0 Å². The van der Waals surface area contributed by atoms with E-state index in [0.29, 0.717) is 12.0 Å². The van der Waals surface area contributed by atoms with Crippen LogP contribution in [0.5, 0.6) is 5.75 Å². The second kappa shape index (κ2) is 4.65. The monoisotopic (exact) mass is 208 g/mol. The average Bonchev–Trinajstić information content (AvgIpc) is 2.25. The average molecular weight is 208 g/mol. The van der Waals surface area contributed by atoms with Gasteiger partial charge < -0.3 is 4.74 Å². The van der Waals surface area contributed by atoms with Gasteiger partial charge in [0.15, 0.2) is 0 Å². The Morgan fingerprint density at radius 2 is 1.80 bits per heavy atom. The first-order valence-electron chi connectivity index (χ1n) is 5.68. The molecular weight excluding hydrogens is 191 g/mol. The zero-order valence-corrected chi connectivity index (χ0v) is 9.08. The van der Waals surface area contributed by atoms with E-state index in [4.69, 9.17) is 4.74 Å². The Kier molecular flexibility index (Phi) is 3.24. The second-order valence-corrected chi connectivity index (χ2v) is 4.37.